The molecule has 6 heteroatoms. The molecule has 4 nitrogen and oxygen atoms in total. The lowest BCUT2D eigenvalue weighted by molar-refractivity contribution is 0.0686. The number of aromatic nitrogens is 2. The molecule has 4 aromatic rings. The minimum atomic E-state index is -0.983. The highest BCUT2D eigenvalue weighted by Crippen LogP contribution is 2.32. The molecule has 0 bridgehead atoms. The molecule has 0 spiro atoms. The molecule has 0 amide bonds. The molecule has 4 rings (SSSR count). The third-order valence-electron chi connectivity index (χ3n) is 4.46. The third-order valence-corrected chi connectivity index (χ3v) is 5.20. The Labute approximate surface area is 165 Å². The summed E-state index contributed by atoms with van der Waals surface area (Å²) in [6.07, 6.45) is 3.48. The minimum absolute atomic E-state index is 0.215. The Morgan fingerprint density at radius 3 is 2.59 bits per heavy atom. The van der Waals surface area contributed by atoms with Gasteiger partial charge in [0.1, 0.15) is 5.69 Å². The SMILES string of the molecule is O=C(O)c1cc2c(-c3cccnc3)cccc2n1Cc1ccc(Cl)c(Cl)c1. The van der Waals surface area contributed by atoms with E-state index >= 15 is 0 Å². The van der Waals surface area contributed by atoms with E-state index < -0.39 is 5.97 Å². The number of rotatable bonds is 4. The zero-order valence-electron chi connectivity index (χ0n) is 14.1. The molecule has 27 heavy (non-hydrogen) atoms. The van der Waals surface area contributed by atoms with Gasteiger partial charge >= 0.3 is 5.97 Å². The van der Waals surface area contributed by atoms with Gasteiger partial charge in [0.05, 0.1) is 10.0 Å². The van der Waals surface area contributed by atoms with Crippen LogP contribution in [0.1, 0.15) is 16.1 Å². The first-order valence-corrected chi connectivity index (χ1v) is 9.00. The fourth-order valence-electron chi connectivity index (χ4n) is 3.23. The maximum absolute atomic E-state index is 11.9. The van der Waals surface area contributed by atoms with E-state index in [-0.39, 0.29) is 5.69 Å². The van der Waals surface area contributed by atoms with E-state index in [1.807, 2.05) is 36.4 Å². The van der Waals surface area contributed by atoms with Gasteiger partial charge in [-0.3, -0.25) is 4.98 Å². The summed E-state index contributed by atoms with van der Waals surface area (Å²) in [6, 6.07) is 16.6. The summed E-state index contributed by atoms with van der Waals surface area (Å²) in [5.41, 5.74) is 3.80. The summed E-state index contributed by atoms with van der Waals surface area (Å²) >= 11 is 12.1. The molecule has 0 unspecified atom stereocenters. The summed E-state index contributed by atoms with van der Waals surface area (Å²) in [4.78, 5) is 16.0. The van der Waals surface area contributed by atoms with Gasteiger partial charge in [-0.05, 0) is 41.5 Å². The molecule has 1 N–H and O–H groups in total. The maximum atomic E-state index is 11.9. The van der Waals surface area contributed by atoms with Crippen molar-refractivity contribution in [3.63, 3.8) is 0 Å². The van der Waals surface area contributed by atoms with Crippen LogP contribution in [-0.2, 0) is 6.54 Å². The van der Waals surface area contributed by atoms with Crippen LogP contribution in [0.15, 0.2) is 67.0 Å². The lowest BCUT2D eigenvalue weighted by Gasteiger charge is -2.10. The molecule has 2 aromatic heterocycles. The number of carboxylic acid groups (broad SMARTS) is 1. The molecule has 0 aliphatic rings. The van der Waals surface area contributed by atoms with Gasteiger partial charge in [0.2, 0.25) is 0 Å². The van der Waals surface area contributed by atoms with Crippen LogP contribution in [-0.4, -0.2) is 20.6 Å². The second kappa shape index (κ2) is 7.06. The zero-order chi connectivity index (χ0) is 19.0. The van der Waals surface area contributed by atoms with Crippen molar-refractivity contribution in [2.45, 2.75) is 6.54 Å². The molecule has 0 aliphatic carbocycles. The van der Waals surface area contributed by atoms with Crippen molar-refractivity contribution in [3.05, 3.63) is 88.3 Å². The van der Waals surface area contributed by atoms with Gasteiger partial charge in [0, 0.05) is 35.4 Å². The van der Waals surface area contributed by atoms with Crippen molar-refractivity contribution in [2.24, 2.45) is 0 Å². The Bertz CT molecular complexity index is 1150. The predicted molar refractivity (Wildman–Crippen MR) is 108 cm³/mol. The van der Waals surface area contributed by atoms with Crippen molar-refractivity contribution in [2.75, 3.05) is 0 Å². The number of hydrogen-bond donors (Lipinski definition) is 1. The van der Waals surface area contributed by atoms with Crippen LogP contribution in [0.25, 0.3) is 22.0 Å². The summed E-state index contributed by atoms with van der Waals surface area (Å²) in [5, 5.41) is 11.5. The second-order valence-electron chi connectivity index (χ2n) is 6.15. The summed E-state index contributed by atoms with van der Waals surface area (Å²) < 4.78 is 1.77. The summed E-state index contributed by atoms with van der Waals surface area (Å²) in [6.45, 7) is 0.374. The predicted octanol–water partition coefficient (Wildman–Crippen LogP) is 5.76. The molecule has 0 atom stereocenters. The topological polar surface area (TPSA) is 55.1 Å². The highest BCUT2D eigenvalue weighted by molar-refractivity contribution is 6.42. The van der Waals surface area contributed by atoms with Crippen LogP contribution in [0.4, 0.5) is 0 Å². The molecule has 0 radical (unpaired) electrons. The lowest BCUT2D eigenvalue weighted by Crippen LogP contribution is -2.09. The van der Waals surface area contributed by atoms with Crippen molar-refractivity contribution in [1.29, 1.82) is 0 Å². The van der Waals surface area contributed by atoms with E-state index in [2.05, 4.69) is 4.98 Å². The zero-order valence-corrected chi connectivity index (χ0v) is 15.6. The van der Waals surface area contributed by atoms with Crippen LogP contribution in [0.2, 0.25) is 10.0 Å². The quantitative estimate of drug-likeness (QED) is 0.477. The van der Waals surface area contributed by atoms with Crippen molar-refractivity contribution >= 4 is 40.1 Å². The fourth-order valence-corrected chi connectivity index (χ4v) is 3.55. The van der Waals surface area contributed by atoms with Crippen LogP contribution < -0.4 is 0 Å². The van der Waals surface area contributed by atoms with Gasteiger partial charge in [0.25, 0.3) is 0 Å². The number of pyridine rings is 1. The van der Waals surface area contributed by atoms with E-state index in [9.17, 15) is 9.90 Å². The molecular formula is C21H14Cl2N2O2. The monoisotopic (exact) mass is 396 g/mol. The Kier molecular flexibility index (Phi) is 4.60. The van der Waals surface area contributed by atoms with Crippen molar-refractivity contribution in [1.82, 2.24) is 9.55 Å². The van der Waals surface area contributed by atoms with Gasteiger partial charge in [-0.25, -0.2) is 4.79 Å². The highest BCUT2D eigenvalue weighted by Gasteiger charge is 2.17. The molecule has 2 heterocycles. The molecule has 0 fully saturated rings. The third kappa shape index (κ3) is 3.29. The van der Waals surface area contributed by atoms with Crippen LogP contribution >= 0.6 is 23.2 Å². The van der Waals surface area contributed by atoms with Gasteiger partial charge in [-0.1, -0.05) is 47.5 Å². The van der Waals surface area contributed by atoms with Crippen molar-refractivity contribution in [3.8, 4) is 11.1 Å². The van der Waals surface area contributed by atoms with Crippen LogP contribution in [0, 0.1) is 0 Å². The number of carboxylic acids is 1. The number of aromatic carboxylic acids is 1. The number of hydrogen-bond acceptors (Lipinski definition) is 2. The first-order valence-electron chi connectivity index (χ1n) is 8.24. The van der Waals surface area contributed by atoms with Gasteiger partial charge in [-0.2, -0.15) is 0 Å². The van der Waals surface area contributed by atoms with E-state index in [0.29, 0.717) is 16.6 Å². The number of benzene rings is 2. The molecule has 134 valence electrons. The summed E-state index contributed by atoms with van der Waals surface area (Å²) in [5.74, 6) is -0.983. The maximum Gasteiger partial charge on any atom is 0.352 e. The van der Waals surface area contributed by atoms with Crippen LogP contribution in [0.5, 0.6) is 0 Å². The Morgan fingerprint density at radius 1 is 1.04 bits per heavy atom. The van der Waals surface area contributed by atoms with E-state index in [1.165, 1.54) is 0 Å². The average Bonchev–Trinajstić information content (AvgIpc) is 3.04. The highest BCUT2D eigenvalue weighted by atomic mass is 35.5. The first-order chi connectivity index (χ1) is 13.0. The fraction of sp³-hybridized carbons (Fsp3) is 0.0476. The van der Waals surface area contributed by atoms with E-state index in [1.54, 1.807) is 35.2 Å². The van der Waals surface area contributed by atoms with Gasteiger partial charge in [0.15, 0.2) is 0 Å². The molecular weight excluding hydrogens is 383 g/mol. The molecule has 0 aliphatic heterocycles. The number of fused-ring (bicyclic) bond motifs is 1. The van der Waals surface area contributed by atoms with E-state index in [4.69, 9.17) is 23.2 Å². The summed E-state index contributed by atoms with van der Waals surface area (Å²) in [7, 11) is 0. The van der Waals surface area contributed by atoms with Gasteiger partial charge < -0.3 is 9.67 Å². The normalized spacial score (nSPS) is 11.0. The Balaban J connectivity index is 1.90. The number of carbonyl (C=O) groups is 1. The lowest BCUT2D eigenvalue weighted by atomic mass is 10.0. The number of halogens is 2. The first kappa shape index (κ1) is 17.6. The minimum Gasteiger partial charge on any atom is -0.477 e. The molecule has 2 aromatic carbocycles. The second-order valence-corrected chi connectivity index (χ2v) is 6.96. The Morgan fingerprint density at radius 2 is 1.89 bits per heavy atom. The van der Waals surface area contributed by atoms with E-state index in [0.717, 1.165) is 27.6 Å². The van der Waals surface area contributed by atoms with Crippen molar-refractivity contribution < 1.29 is 9.90 Å². The molecule has 0 saturated heterocycles. The van der Waals surface area contributed by atoms with Gasteiger partial charge in [-0.15, -0.1) is 0 Å². The van der Waals surface area contributed by atoms with Crippen LogP contribution in [0.3, 0.4) is 0 Å². The number of nitrogens with zero attached hydrogens (tertiary/aromatic N) is 2. The standard InChI is InChI=1S/C21H14Cl2N2O2/c22-17-7-6-13(9-18(17)23)12-25-19-5-1-4-15(14-3-2-8-24-11-14)16(19)10-20(25)21(26)27/h1-11H,12H2,(H,26,27). The molecule has 0 saturated carbocycles. The Hall–Kier alpha value is -2.82. The largest absolute Gasteiger partial charge is 0.477 e. The smallest absolute Gasteiger partial charge is 0.352 e. The average molecular weight is 397 g/mol.